The van der Waals surface area contributed by atoms with Gasteiger partial charge in [0, 0.05) is 12.6 Å². The molecule has 1 aliphatic carbocycles. The minimum atomic E-state index is -4.37. The van der Waals surface area contributed by atoms with Crippen molar-refractivity contribution < 1.29 is 17.2 Å². The number of alkyl halides is 2. The molecule has 1 saturated heterocycles. The van der Waals surface area contributed by atoms with Crippen molar-refractivity contribution in [1.82, 2.24) is 4.31 Å². The Labute approximate surface area is 94.9 Å². The largest absolute Gasteiger partial charge is 0.350 e. The van der Waals surface area contributed by atoms with E-state index >= 15 is 0 Å². The first-order chi connectivity index (χ1) is 7.53. The van der Waals surface area contributed by atoms with Crippen LogP contribution < -0.4 is 0 Å². The molecule has 2 aliphatic rings. The highest BCUT2D eigenvalue weighted by molar-refractivity contribution is 7.89. The molecule has 0 amide bonds. The van der Waals surface area contributed by atoms with Crippen molar-refractivity contribution >= 4 is 10.0 Å². The SMILES string of the molecule is O=S(=O)(C(F)F)N1CCCC2CCCCC21. The van der Waals surface area contributed by atoms with Gasteiger partial charge < -0.3 is 0 Å². The van der Waals surface area contributed by atoms with Crippen molar-refractivity contribution in [2.75, 3.05) is 6.54 Å². The number of piperidine rings is 1. The van der Waals surface area contributed by atoms with Crippen LogP contribution in [-0.4, -0.2) is 31.1 Å². The second-order valence-electron chi connectivity index (χ2n) is 4.67. The number of fused-ring (bicyclic) bond motifs is 1. The summed E-state index contributed by atoms with van der Waals surface area (Å²) in [5.74, 6) is -2.97. The smallest absolute Gasteiger partial charge is 0.206 e. The van der Waals surface area contributed by atoms with Gasteiger partial charge in [-0.2, -0.15) is 13.1 Å². The van der Waals surface area contributed by atoms with Gasteiger partial charge in [-0.25, -0.2) is 8.42 Å². The Hall–Kier alpha value is -0.230. The molecule has 0 radical (unpaired) electrons. The average Bonchev–Trinajstić information content (AvgIpc) is 2.28. The maximum Gasteiger partial charge on any atom is 0.350 e. The van der Waals surface area contributed by atoms with Gasteiger partial charge in [0.1, 0.15) is 0 Å². The van der Waals surface area contributed by atoms with Crippen molar-refractivity contribution in [2.45, 2.75) is 50.3 Å². The van der Waals surface area contributed by atoms with Crippen LogP contribution in [0.5, 0.6) is 0 Å². The molecule has 16 heavy (non-hydrogen) atoms. The van der Waals surface area contributed by atoms with Gasteiger partial charge in [0.05, 0.1) is 0 Å². The predicted octanol–water partition coefficient (Wildman–Crippen LogP) is 2.19. The number of halogens is 2. The zero-order chi connectivity index (χ0) is 11.8. The van der Waals surface area contributed by atoms with Gasteiger partial charge in [-0.3, -0.25) is 0 Å². The summed E-state index contributed by atoms with van der Waals surface area (Å²) in [5.41, 5.74) is 0. The molecule has 2 fully saturated rings. The topological polar surface area (TPSA) is 37.4 Å². The highest BCUT2D eigenvalue weighted by Gasteiger charge is 2.42. The lowest BCUT2D eigenvalue weighted by Gasteiger charge is -2.42. The third-order valence-corrected chi connectivity index (χ3v) is 5.30. The molecule has 0 aromatic rings. The maximum atomic E-state index is 12.5. The Morgan fingerprint density at radius 1 is 1.06 bits per heavy atom. The third kappa shape index (κ3) is 2.09. The minimum absolute atomic E-state index is 0.165. The molecule has 2 atom stereocenters. The van der Waals surface area contributed by atoms with Gasteiger partial charge in [0.2, 0.25) is 0 Å². The van der Waals surface area contributed by atoms with Crippen LogP contribution in [-0.2, 0) is 10.0 Å². The van der Waals surface area contributed by atoms with E-state index in [-0.39, 0.29) is 12.6 Å². The molecule has 94 valence electrons. The molecule has 1 aliphatic heterocycles. The second-order valence-corrected chi connectivity index (χ2v) is 6.53. The molecular formula is C10H17F2NO2S. The molecule has 1 saturated carbocycles. The van der Waals surface area contributed by atoms with Crippen LogP contribution in [0.15, 0.2) is 0 Å². The highest BCUT2D eigenvalue weighted by Crippen LogP contribution is 2.37. The molecule has 0 bridgehead atoms. The van der Waals surface area contributed by atoms with Crippen LogP contribution in [0.25, 0.3) is 0 Å². The van der Waals surface area contributed by atoms with Crippen LogP contribution in [0.3, 0.4) is 0 Å². The van der Waals surface area contributed by atoms with Gasteiger partial charge in [-0.1, -0.05) is 12.8 Å². The molecule has 1 heterocycles. The Kier molecular flexibility index (Phi) is 3.49. The first-order valence-electron chi connectivity index (χ1n) is 5.82. The lowest BCUT2D eigenvalue weighted by molar-refractivity contribution is 0.117. The normalized spacial score (nSPS) is 32.7. The minimum Gasteiger partial charge on any atom is -0.206 e. The number of hydrogen-bond donors (Lipinski definition) is 0. The molecule has 0 aromatic carbocycles. The fraction of sp³-hybridized carbons (Fsp3) is 1.00. The summed E-state index contributed by atoms with van der Waals surface area (Å²) in [5, 5.41) is 0. The molecule has 0 aromatic heterocycles. The zero-order valence-corrected chi connectivity index (χ0v) is 9.93. The van der Waals surface area contributed by atoms with E-state index in [9.17, 15) is 17.2 Å². The zero-order valence-electron chi connectivity index (χ0n) is 9.11. The second kappa shape index (κ2) is 4.56. The summed E-state index contributed by atoms with van der Waals surface area (Å²) in [4.78, 5) is 0. The van der Waals surface area contributed by atoms with E-state index in [0.717, 1.165) is 36.4 Å². The third-order valence-electron chi connectivity index (χ3n) is 3.74. The predicted molar refractivity (Wildman–Crippen MR) is 56.6 cm³/mol. The van der Waals surface area contributed by atoms with Gasteiger partial charge in [0.25, 0.3) is 10.0 Å². The monoisotopic (exact) mass is 253 g/mol. The Morgan fingerprint density at radius 2 is 1.69 bits per heavy atom. The number of rotatable bonds is 2. The van der Waals surface area contributed by atoms with Crippen LogP contribution in [0.2, 0.25) is 0 Å². The lowest BCUT2D eigenvalue weighted by atomic mass is 9.79. The van der Waals surface area contributed by atoms with Crippen LogP contribution >= 0.6 is 0 Å². The van der Waals surface area contributed by atoms with E-state index in [1.54, 1.807) is 0 Å². The lowest BCUT2D eigenvalue weighted by Crippen LogP contribution is -2.51. The van der Waals surface area contributed by atoms with E-state index < -0.39 is 15.8 Å². The van der Waals surface area contributed by atoms with E-state index in [1.165, 1.54) is 0 Å². The number of sulfonamides is 1. The molecule has 6 heteroatoms. The fourth-order valence-corrected chi connectivity index (χ4v) is 4.24. The van der Waals surface area contributed by atoms with E-state index in [2.05, 4.69) is 0 Å². The van der Waals surface area contributed by atoms with E-state index in [1.807, 2.05) is 0 Å². The molecule has 2 unspecified atom stereocenters. The summed E-state index contributed by atoms with van der Waals surface area (Å²) in [6.45, 7) is 0.272. The van der Waals surface area contributed by atoms with Gasteiger partial charge in [-0.05, 0) is 31.6 Å². The van der Waals surface area contributed by atoms with Gasteiger partial charge >= 0.3 is 5.76 Å². The Bertz CT molecular complexity index is 343. The summed E-state index contributed by atoms with van der Waals surface area (Å²) in [6.07, 6.45) is 5.49. The van der Waals surface area contributed by atoms with Crippen molar-refractivity contribution in [3.8, 4) is 0 Å². The fourth-order valence-electron chi connectivity index (χ4n) is 3.00. The standard InChI is InChI=1S/C10H17F2NO2S/c11-10(12)16(14,15)13-7-3-5-8-4-1-2-6-9(8)13/h8-10H,1-7H2. The molecule has 0 N–H and O–H groups in total. The Morgan fingerprint density at radius 3 is 2.38 bits per heavy atom. The van der Waals surface area contributed by atoms with E-state index in [0.29, 0.717) is 12.3 Å². The van der Waals surface area contributed by atoms with Gasteiger partial charge in [-0.15, -0.1) is 0 Å². The summed E-state index contributed by atoms with van der Waals surface area (Å²) in [6, 6.07) is -0.165. The number of nitrogens with zero attached hydrogens (tertiary/aromatic N) is 1. The summed E-state index contributed by atoms with van der Waals surface area (Å²) < 4.78 is 49.2. The van der Waals surface area contributed by atoms with Crippen LogP contribution in [0.1, 0.15) is 38.5 Å². The maximum absolute atomic E-state index is 12.5. The molecule has 0 spiro atoms. The number of hydrogen-bond acceptors (Lipinski definition) is 2. The molecular weight excluding hydrogens is 236 g/mol. The summed E-state index contributed by atoms with van der Waals surface area (Å²) in [7, 11) is -4.37. The highest BCUT2D eigenvalue weighted by atomic mass is 32.2. The quantitative estimate of drug-likeness (QED) is 0.756. The first-order valence-corrected chi connectivity index (χ1v) is 7.32. The van der Waals surface area contributed by atoms with Crippen LogP contribution in [0.4, 0.5) is 8.78 Å². The summed E-state index contributed by atoms with van der Waals surface area (Å²) >= 11 is 0. The van der Waals surface area contributed by atoms with Crippen molar-refractivity contribution in [1.29, 1.82) is 0 Å². The Balaban J connectivity index is 2.20. The van der Waals surface area contributed by atoms with Gasteiger partial charge in [0.15, 0.2) is 0 Å². The van der Waals surface area contributed by atoms with Crippen LogP contribution in [0, 0.1) is 5.92 Å². The first kappa shape index (κ1) is 12.2. The van der Waals surface area contributed by atoms with Crippen molar-refractivity contribution in [3.63, 3.8) is 0 Å². The van der Waals surface area contributed by atoms with E-state index in [4.69, 9.17) is 0 Å². The van der Waals surface area contributed by atoms with Crippen molar-refractivity contribution in [3.05, 3.63) is 0 Å². The molecule has 2 rings (SSSR count). The molecule has 3 nitrogen and oxygen atoms in total. The average molecular weight is 253 g/mol. The van der Waals surface area contributed by atoms with Crippen molar-refractivity contribution in [2.24, 2.45) is 5.92 Å².